The fourth-order valence-corrected chi connectivity index (χ4v) is 2.65. The van der Waals surface area contributed by atoms with Crippen LogP contribution >= 0.6 is 27.5 Å². The molecule has 0 heterocycles. The van der Waals surface area contributed by atoms with Crippen molar-refractivity contribution in [3.05, 3.63) is 63.6 Å². The van der Waals surface area contributed by atoms with Gasteiger partial charge in [0, 0.05) is 15.2 Å². The number of nitrogens with one attached hydrogen (secondary N) is 1. The van der Waals surface area contributed by atoms with E-state index in [1.54, 1.807) is 0 Å². The molecule has 0 bridgehead atoms. The predicted octanol–water partition coefficient (Wildman–Crippen LogP) is 5.48. The number of amides is 1. The van der Waals surface area contributed by atoms with Gasteiger partial charge in [-0.3, -0.25) is 4.79 Å². The monoisotopic (exact) mass is 365 g/mol. The molecular weight excluding hydrogens is 350 g/mol. The molecule has 2 aromatic carbocycles. The maximum Gasteiger partial charge on any atom is 0.232 e. The van der Waals surface area contributed by atoms with Crippen molar-refractivity contribution < 1.29 is 4.79 Å². The van der Waals surface area contributed by atoms with Crippen LogP contribution in [0.2, 0.25) is 5.02 Å². The van der Waals surface area contributed by atoms with Crippen LogP contribution < -0.4 is 5.32 Å². The van der Waals surface area contributed by atoms with Gasteiger partial charge in [0.2, 0.25) is 5.91 Å². The number of rotatable bonds is 4. The van der Waals surface area contributed by atoms with Crippen LogP contribution in [0, 0.1) is 5.92 Å². The minimum atomic E-state index is -0.203. The second-order valence-corrected chi connectivity index (χ2v) is 6.62. The van der Waals surface area contributed by atoms with Crippen molar-refractivity contribution in [2.75, 3.05) is 5.32 Å². The van der Waals surface area contributed by atoms with E-state index in [2.05, 4.69) is 21.2 Å². The van der Waals surface area contributed by atoms with Crippen molar-refractivity contribution in [2.45, 2.75) is 19.8 Å². The van der Waals surface area contributed by atoms with Crippen LogP contribution in [-0.2, 0) is 4.79 Å². The first kappa shape index (κ1) is 16.1. The quantitative estimate of drug-likeness (QED) is 0.762. The Bertz CT molecular complexity index is 608. The summed E-state index contributed by atoms with van der Waals surface area (Å²) in [4.78, 5) is 12.6. The summed E-state index contributed by atoms with van der Waals surface area (Å²) in [5.74, 6) is -0.0119. The van der Waals surface area contributed by atoms with Crippen molar-refractivity contribution in [3.8, 4) is 0 Å². The molecule has 0 aromatic heterocycles. The lowest BCUT2D eigenvalue weighted by molar-refractivity contribution is -0.118. The lowest BCUT2D eigenvalue weighted by Crippen LogP contribution is -2.25. The molecule has 0 aliphatic heterocycles. The van der Waals surface area contributed by atoms with Gasteiger partial charge in [-0.15, -0.1) is 0 Å². The Labute approximate surface area is 138 Å². The molecule has 21 heavy (non-hydrogen) atoms. The molecular formula is C17H17BrClNO. The number of benzene rings is 2. The van der Waals surface area contributed by atoms with E-state index in [1.807, 2.05) is 62.4 Å². The van der Waals surface area contributed by atoms with Crippen molar-refractivity contribution in [1.82, 2.24) is 0 Å². The first-order valence-electron chi connectivity index (χ1n) is 6.79. The first-order chi connectivity index (χ1) is 9.97. The van der Waals surface area contributed by atoms with Crippen LogP contribution in [-0.4, -0.2) is 5.91 Å². The van der Waals surface area contributed by atoms with Crippen molar-refractivity contribution in [3.63, 3.8) is 0 Å². The average molecular weight is 367 g/mol. The summed E-state index contributed by atoms with van der Waals surface area (Å²) in [6.45, 7) is 4.08. The summed E-state index contributed by atoms with van der Waals surface area (Å²) < 4.78 is 0.985. The number of hydrogen-bond donors (Lipinski definition) is 1. The Kier molecular flexibility index (Phi) is 5.43. The summed E-state index contributed by atoms with van der Waals surface area (Å²) in [7, 11) is 0. The molecule has 0 aliphatic rings. The summed E-state index contributed by atoms with van der Waals surface area (Å²) in [6.07, 6.45) is 0. The van der Waals surface area contributed by atoms with E-state index in [-0.39, 0.29) is 17.7 Å². The van der Waals surface area contributed by atoms with Crippen molar-refractivity contribution in [1.29, 1.82) is 0 Å². The minimum Gasteiger partial charge on any atom is -0.326 e. The van der Waals surface area contributed by atoms with Crippen LogP contribution in [0.4, 0.5) is 5.69 Å². The maximum atomic E-state index is 12.6. The lowest BCUT2D eigenvalue weighted by atomic mass is 9.87. The summed E-state index contributed by atoms with van der Waals surface area (Å²) in [5, 5.41) is 3.65. The Morgan fingerprint density at radius 3 is 2.14 bits per heavy atom. The van der Waals surface area contributed by atoms with Gasteiger partial charge in [0.15, 0.2) is 0 Å². The fraction of sp³-hybridized carbons (Fsp3) is 0.235. The van der Waals surface area contributed by atoms with E-state index >= 15 is 0 Å². The zero-order chi connectivity index (χ0) is 15.4. The van der Waals surface area contributed by atoms with Gasteiger partial charge < -0.3 is 5.32 Å². The zero-order valence-electron chi connectivity index (χ0n) is 11.9. The number of halogens is 2. The lowest BCUT2D eigenvalue weighted by Gasteiger charge is -2.21. The topological polar surface area (TPSA) is 29.1 Å². The first-order valence-corrected chi connectivity index (χ1v) is 7.96. The largest absolute Gasteiger partial charge is 0.326 e. The zero-order valence-corrected chi connectivity index (χ0v) is 14.3. The van der Waals surface area contributed by atoms with E-state index in [0.29, 0.717) is 5.02 Å². The third kappa shape index (κ3) is 4.32. The standard InChI is InChI=1S/C17H17BrClNO/c1-11(2)16(12-3-7-14(19)8-4-12)17(21)20-15-9-5-13(18)6-10-15/h3-11,16H,1-2H3,(H,20,21). The molecule has 1 unspecified atom stereocenters. The Balaban J connectivity index is 2.19. The van der Waals surface area contributed by atoms with Gasteiger partial charge >= 0.3 is 0 Å². The highest BCUT2D eigenvalue weighted by atomic mass is 79.9. The molecule has 0 saturated heterocycles. The third-order valence-corrected chi connectivity index (χ3v) is 4.07. The van der Waals surface area contributed by atoms with Gasteiger partial charge in [-0.2, -0.15) is 0 Å². The van der Waals surface area contributed by atoms with Crippen LogP contribution in [0.5, 0.6) is 0 Å². The molecule has 0 aliphatic carbocycles. The third-order valence-electron chi connectivity index (χ3n) is 3.29. The van der Waals surface area contributed by atoms with Gasteiger partial charge in [-0.05, 0) is 47.9 Å². The van der Waals surface area contributed by atoms with E-state index in [9.17, 15) is 4.79 Å². The van der Waals surface area contributed by atoms with Crippen LogP contribution in [0.25, 0.3) is 0 Å². The highest BCUT2D eigenvalue weighted by molar-refractivity contribution is 9.10. The SMILES string of the molecule is CC(C)C(C(=O)Nc1ccc(Br)cc1)c1ccc(Cl)cc1. The van der Waals surface area contributed by atoms with Crippen LogP contribution in [0.3, 0.4) is 0 Å². The van der Waals surface area contributed by atoms with Gasteiger partial charge in [-0.25, -0.2) is 0 Å². The maximum absolute atomic E-state index is 12.6. The molecule has 1 amide bonds. The summed E-state index contributed by atoms with van der Waals surface area (Å²) in [5.41, 5.74) is 1.77. The molecule has 2 nitrogen and oxygen atoms in total. The van der Waals surface area contributed by atoms with Gasteiger partial charge in [0.25, 0.3) is 0 Å². The Hall–Kier alpha value is -1.32. The normalized spacial score (nSPS) is 12.2. The Morgan fingerprint density at radius 1 is 1.05 bits per heavy atom. The van der Waals surface area contributed by atoms with Crippen LogP contribution in [0.1, 0.15) is 25.3 Å². The molecule has 2 rings (SSSR count). The van der Waals surface area contributed by atoms with E-state index < -0.39 is 0 Å². The number of carbonyl (C=O) groups excluding carboxylic acids is 1. The van der Waals surface area contributed by atoms with Gasteiger partial charge in [0.05, 0.1) is 5.92 Å². The molecule has 0 radical (unpaired) electrons. The molecule has 4 heteroatoms. The van der Waals surface area contributed by atoms with E-state index in [1.165, 1.54) is 0 Å². The second-order valence-electron chi connectivity index (χ2n) is 5.27. The van der Waals surface area contributed by atoms with Crippen molar-refractivity contribution >= 4 is 39.1 Å². The second kappa shape index (κ2) is 7.10. The molecule has 110 valence electrons. The van der Waals surface area contributed by atoms with Crippen molar-refractivity contribution in [2.24, 2.45) is 5.92 Å². The molecule has 0 fully saturated rings. The number of anilines is 1. The minimum absolute atomic E-state index is 0.00496. The highest BCUT2D eigenvalue weighted by Crippen LogP contribution is 2.27. The van der Waals surface area contributed by atoms with E-state index in [0.717, 1.165) is 15.7 Å². The molecule has 0 spiro atoms. The summed E-state index contributed by atoms with van der Waals surface area (Å²) in [6, 6.07) is 15.0. The summed E-state index contributed by atoms with van der Waals surface area (Å²) >= 11 is 9.30. The van der Waals surface area contributed by atoms with E-state index in [4.69, 9.17) is 11.6 Å². The molecule has 1 N–H and O–H groups in total. The molecule has 1 atom stereocenters. The smallest absolute Gasteiger partial charge is 0.232 e. The Morgan fingerprint density at radius 2 is 1.62 bits per heavy atom. The number of hydrogen-bond acceptors (Lipinski definition) is 1. The van der Waals surface area contributed by atoms with Gasteiger partial charge in [-0.1, -0.05) is 53.5 Å². The molecule has 2 aromatic rings. The van der Waals surface area contributed by atoms with Crippen LogP contribution in [0.15, 0.2) is 53.0 Å². The van der Waals surface area contributed by atoms with Gasteiger partial charge in [0.1, 0.15) is 0 Å². The fourth-order valence-electron chi connectivity index (χ4n) is 2.26. The highest BCUT2D eigenvalue weighted by Gasteiger charge is 2.24. The number of carbonyl (C=O) groups is 1. The average Bonchev–Trinajstić information content (AvgIpc) is 2.43. The molecule has 0 saturated carbocycles. The predicted molar refractivity (Wildman–Crippen MR) is 91.8 cm³/mol.